The minimum Gasteiger partial charge on any atom is -0.348 e. The van der Waals surface area contributed by atoms with Crippen molar-refractivity contribution in [3.8, 4) is 0 Å². The monoisotopic (exact) mass is 607 g/mol. The third-order valence-corrected chi connectivity index (χ3v) is 9.31. The lowest BCUT2D eigenvalue weighted by atomic mass is 9.66. The minimum atomic E-state index is -2.01. The maximum absolute atomic E-state index is 14.7. The molecule has 2 saturated heterocycles. The van der Waals surface area contributed by atoms with Gasteiger partial charge in [0.1, 0.15) is 0 Å². The van der Waals surface area contributed by atoms with Gasteiger partial charge < -0.3 is 18.9 Å². The predicted octanol–water partition coefficient (Wildman–Crippen LogP) is 7.54. The molecule has 0 saturated carbocycles. The lowest BCUT2D eigenvalue weighted by Gasteiger charge is -2.52. The van der Waals surface area contributed by atoms with Crippen molar-refractivity contribution >= 4 is 40.2 Å². The predicted molar refractivity (Wildman–Crippen MR) is 161 cm³/mol. The first-order valence-electron chi connectivity index (χ1n) is 13.8. The van der Waals surface area contributed by atoms with E-state index in [1.807, 2.05) is 81.1 Å². The smallest absolute Gasteiger partial charge is 0.229 e. The highest BCUT2D eigenvalue weighted by atomic mass is 35.5. The highest BCUT2D eigenvalue weighted by Crippen LogP contribution is 2.53. The van der Waals surface area contributed by atoms with Crippen LogP contribution in [-0.2, 0) is 25.3 Å². The number of carbonyl (C=O) groups excluding carboxylic acids is 1. The molecular weight excluding hydrogens is 569 g/mol. The average molecular weight is 609 g/mol. The van der Waals surface area contributed by atoms with Gasteiger partial charge in [-0.3, -0.25) is 4.79 Å². The summed E-state index contributed by atoms with van der Waals surface area (Å²) in [6, 6.07) is 14.9. The van der Waals surface area contributed by atoms with Crippen LogP contribution in [0.15, 0.2) is 60.7 Å². The topological polar surface area (TPSA) is 76.1 Å². The number of rotatable bonds is 9. The van der Waals surface area contributed by atoms with E-state index in [-0.39, 0.29) is 30.0 Å². The second-order valence-electron chi connectivity index (χ2n) is 11.6. The summed E-state index contributed by atoms with van der Waals surface area (Å²) in [5, 5.41) is 0.691. The molecular formula is C31H39Cl2NO5S. The molecule has 1 N–H and O–H groups in total. The Morgan fingerprint density at radius 1 is 1.10 bits per heavy atom. The van der Waals surface area contributed by atoms with Crippen LogP contribution in [0.5, 0.6) is 0 Å². The van der Waals surface area contributed by atoms with Gasteiger partial charge in [-0.25, -0.2) is 4.21 Å². The van der Waals surface area contributed by atoms with Crippen LogP contribution in [0, 0.1) is 5.41 Å². The summed E-state index contributed by atoms with van der Waals surface area (Å²) in [4.78, 5) is 16.7. The van der Waals surface area contributed by atoms with Crippen LogP contribution in [-0.4, -0.2) is 49.4 Å². The Bertz CT molecular complexity index is 1250. The van der Waals surface area contributed by atoms with E-state index >= 15 is 0 Å². The van der Waals surface area contributed by atoms with Gasteiger partial charge in [0.05, 0.1) is 30.0 Å². The third kappa shape index (κ3) is 7.00. The number of halogens is 2. The zero-order chi connectivity index (χ0) is 29.2. The molecule has 0 aromatic heterocycles. The lowest BCUT2D eigenvalue weighted by molar-refractivity contribution is -0.161. The SMILES string of the molecule is CC[C@@H](/C=C/C(C)S(=O)O)N1C(=O)[C@@](C)(CC2COC(C)(C)O2)C[C@H](c2cccc(Cl)c2)[C@H]1c1ccc(Cl)cc1. The summed E-state index contributed by atoms with van der Waals surface area (Å²) >= 11 is 10.8. The van der Waals surface area contributed by atoms with E-state index in [0.29, 0.717) is 35.9 Å². The normalized spacial score (nSPS) is 29.1. The van der Waals surface area contributed by atoms with Gasteiger partial charge in [-0.2, -0.15) is 0 Å². The van der Waals surface area contributed by atoms with Gasteiger partial charge in [0.25, 0.3) is 0 Å². The van der Waals surface area contributed by atoms with E-state index in [2.05, 4.69) is 6.07 Å². The van der Waals surface area contributed by atoms with E-state index in [1.165, 1.54) is 0 Å². The van der Waals surface area contributed by atoms with Gasteiger partial charge in [-0.1, -0.05) is 73.5 Å². The van der Waals surface area contributed by atoms with Crippen LogP contribution in [0.3, 0.4) is 0 Å². The number of amides is 1. The molecule has 40 heavy (non-hydrogen) atoms. The zero-order valence-electron chi connectivity index (χ0n) is 23.7. The standard InChI is InChI=1S/C31H39Cl2NO5S/c1-6-25(15-10-20(2)40(36)37)34-28(21-11-13-23(32)14-12-21)27(22-8-7-9-24(33)16-22)18-31(5,29(34)35)17-26-19-38-30(3,4)39-26/h7-16,20,25-28H,6,17-19H2,1-5H3,(H,36,37)/b15-10+/t20?,25-,26?,27+,28+,31-/m0/s1. The number of ether oxygens (including phenoxy) is 2. The number of likely N-dealkylation sites (tertiary alicyclic amines) is 1. The molecule has 4 rings (SSSR count). The number of hydrogen-bond acceptors (Lipinski definition) is 4. The second kappa shape index (κ2) is 12.6. The Kier molecular flexibility index (Phi) is 9.86. The van der Waals surface area contributed by atoms with Crippen molar-refractivity contribution in [3.05, 3.63) is 81.9 Å². The van der Waals surface area contributed by atoms with E-state index < -0.39 is 27.5 Å². The molecule has 2 aliphatic heterocycles. The van der Waals surface area contributed by atoms with Crippen LogP contribution in [0.2, 0.25) is 10.0 Å². The molecule has 2 heterocycles. The zero-order valence-corrected chi connectivity index (χ0v) is 26.0. The summed E-state index contributed by atoms with van der Waals surface area (Å²) in [7, 11) is 0. The summed E-state index contributed by atoms with van der Waals surface area (Å²) in [6.45, 7) is 9.94. The molecule has 0 aliphatic carbocycles. The largest absolute Gasteiger partial charge is 0.348 e. The maximum Gasteiger partial charge on any atom is 0.229 e. The second-order valence-corrected chi connectivity index (χ2v) is 13.8. The molecule has 0 spiro atoms. The van der Waals surface area contributed by atoms with E-state index in [4.69, 9.17) is 32.7 Å². The first-order valence-corrected chi connectivity index (χ1v) is 15.7. The van der Waals surface area contributed by atoms with Crippen molar-refractivity contribution in [2.75, 3.05) is 6.61 Å². The van der Waals surface area contributed by atoms with Crippen molar-refractivity contribution in [1.29, 1.82) is 0 Å². The summed E-state index contributed by atoms with van der Waals surface area (Å²) < 4.78 is 33.3. The van der Waals surface area contributed by atoms with Crippen molar-refractivity contribution in [2.45, 2.75) is 89.0 Å². The number of hydrogen-bond donors (Lipinski definition) is 1. The number of nitrogens with zero attached hydrogens (tertiary/aromatic N) is 1. The Morgan fingerprint density at radius 3 is 2.38 bits per heavy atom. The maximum atomic E-state index is 14.7. The average Bonchev–Trinajstić information content (AvgIpc) is 3.24. The molecule has 218 valence electrons. The highest BCUT2D eigenvalue weighted by molar-refractivity contribution is 7.80. The Hall–Kier alpha value is -1.74. The molecule has 0 radical (unpaired) electrons. The highest BCUT2D eigenvalue weighted by Gasteiger charge is 2.53. The number of benzene rings is 2. The molecule has 1 amide bonds. The van der Waals surface area contributed by atoms with Crippen molar-refractivity contribution < 1.29 is 23.0 Å². The fourth-order valence-electron chi connectivity index (χ4n) is 6.08. The molecule has 3 unspecified atom stereocenters. The van der Waals surface area contributed by atoms with Crippen LogP contribution in [0.25, 0.3) is 0 Å². The first-order chi connectivity index (χ1) is 18.8. The van der Waals surface area contributed by atoms with Crippen molar-refractivity contribution in [1.82, 2.24) is 4.90 Å². The minimum absolute atomic E-state index is 0.0216. The van der Waals surface area contributed by atoms with Crippen LogP contribution in [0.4, 0.5) is 0 Å². The van der Waals surface area contributed by atoms with Gasteiger partial charge >= 0.3 is 0 Å². The van der Waals surface area contributed by atoms with Gasteiger partial charge in [-0.05, 0) is 75.4 Å². The van der Waals surface area contributed by atoms with Gasteiger partial charge in [0.15, 0.2) is 16.9 Å². The van der Waals surface area contributed by atoms with Crippen LogP contribution >= 0.6 is 23.2 Å². The molecule has 2 aliphatic rings. The van der Waals surface area contributed by atoms with E-state index in [9.17, 15) is 13.6 Å². The third-order valence-electron chi connectivity index (χ3n) is 8.03. The fourth-order valence-corrected chi connectivity index (χ4v) is 6.63. The molecule has 2 aromatic carbocycles. The van der Waals surface area contributed by atoms with Crippen molar-refractivity contribution in [2.24, 2.45) is 5.41 Å². The van der Waals surface area contributed by atoms with Crippen molar-refractivity contribution in [3.63, 3.8) is 0 Å². The molecule has 6 nitrogen and oxygen atoms in total. The fraction of sp³-hybridized carbons (Fsp3) is 0.516. The van der Waals surface area contributed by atoms with E-state index in [0.717, 1.165) is 11.1 Å². The Balaban J connectivity index is 1.85. The Morgan fingerprint density at radius 2 is 1.80 bits per heavy atom. The van der Waals surface area contributed by atoms with Gasteiger partial charge in [0, 0.05) is 21.4 Å². The summed E-state index contributed by atoms with van der Waals surface area (Å²) in [5.41, 5.74) is 1.26. The van der Waals surface area contributed by atoms with Gasteiger partial charge in [0.2, 0.25) is 5.91 Å². The number of piperidine rings is 1. The van der Waals surface area contributed by atoms with E-state index in [1.54, 1.807) is 13.0 Å². The Labute approximate surface area is 250 Å². The number of carbonyl (C=O) groups is 1. The first kappa shape index (κ1) is 31.2. The molecule has 0 bridgehead atoms. The molecule has 9 heteroatoms. The summed E-state index contributed by atoms with van der Waals surface area (Å²) in [6.07, 6.45) is 5.14. The van der Waals surface area contributed by atoms with Crippen LogP contribution < -0.4 is 0 Å². The quantitative estimate of drug-likeness (QED) is 0.235. The summed E-state index contributed by atoms with van der Waals surface area (Å²) in [5.74, 6) is -0.750. The molecule has 7 atom stereocenters. The van der Waals surface area contributed by atoms with Gasteiger partial charge in [-0.15, -0.1) is 0 Å². The van der Waals surface area contributed by atoms with Crippen LogP contribution in [0.1, 0.15) is 77.0 Å². The molecule has 2 fully saturated rings. The lowest BCUT2D eigenvalue weighted by Crippen LogP contribution is -2.56. The molecule has 2 aromatic rings.